The Morgan fingerprint density at radius 2 is 2.27 bits per heavy atom. The molecule has 4 heteroatoms. The van der Waals surface area contributed by atoms with Crippen molar-refractivity contribution in [2.45, 2.75) is 38.3 Å². The molecule has 0 aliphatic carbocycles. The predicted molar refractivity (Wildman–Crippen MR) is 57.4 cm³/mol. The lowest BCUT2D eigenvalue weighted by molar-refractivity contribution is -0.137. The fourth-order valence-corrected chi connectivity index (χ4v) is 2.36. The highest BCUT2D eigenvalue weighted by atomic mass is 16.3. The van der Waals surface area contributed by atoms with E-state index in [-0.39, 0.29) is 18.1 Å². The average molecular weight is 212 g/mol. The van der Waals surface area contributed by atoms with Crippen LogP contribution < -0.4 is 5.32 Å². The first-order valence-electron chi connectivity index (χ1n) is 5.88. The van der Waals surface area contributed by atoms with Crippen molar-refractivity contribution >= 4 is 5.91 Å². The number of likely N-dealkylation sites (tertiary alicyclic amines) is 1. The van der Waals surface area contributed by atoms with Gasteiger partial charge in [0.2, 0.25) is 5.91 Å². The number of β-amino-alcohol motifs (C(OH)–C–C–N with tert-alkyl or cyclic N) is 1. The number of rotatable bonds is 1. The molecule has 3 unspecified atom stereocenters. The molecule has 0 aromatic heterocycles. The molecule has 2 aliphatic rings. The molecule has 4 nitrogen and oxygen atoms in total. The molecule has 1 amide bonds. The molecule has 3 atom stereocenters. The Labute approximate surface area is 90.6 Å². The van der Waals surface area contributed by atoms with Crippen LogP contribution in [0.15, 0.2) is 0 Å². The van der Waals surface area contributed by atoms with Crippen LogP contribution in [0, 0.1) is 5.92 Å². The van der Waals surface area contributed by atoms with E-state index >= 15 is 0 Å². The zero-order valence-corrected chi connectivity index (χ0v) is 9.28. The van der Waals surface area contributed by atoms with Crippen LogP contribution in [0.3, 0.4) is 0 Å². The molecule has 15 heavy (non-hydrogen) atoms. The van der Waals surface area contributed by atoms with Crippen molar-refractivity contribution in [3.05, 3.63) is 0 Å². The second-order valence-electron chi connectivity index (χ2n) is 4.77. The van der Waals surface area contributed by atoms with Crippen LogP contribution >= 0.6 is 0 Å². The number of amides is 1. The molecule has 2 saturated heterocycles. The maximum absolute atomic E-state index is 12.0. The summed E-state index contributed by atoms with van der Waals surface area (Å²) in [5.41, 5.74) is 0. The number of aliphatic hydroxyl groups is 1. The van der Waals surface area contributed by atoms with E-state index in [2.05, 4.69) is 5.32 Å². The minimum atomic E-state index is -0.343. The fraction of sp³-hybridized carbons (Fsp3) is 0.909. The SMILES string of the molecule is CC1CCN(C(=O)C2CCCN2)CC1O. The number of hydrogen-bond donors (Lipinski definition) is 2. The third-order valence-electron chi connectivity index (χ3n) is 3.59. The van der Waals surface area contributed by atoms with Crippen LogP contribution in [-0.2, 0) is 4.79 Å². The van der Waals surface area contributed by atoms with E-state index < -0.39 is 0 Å². The van der Waals surface area contributed by atoms with Crippen LogP contribution in [0.25, 0.3) is 0 Å². The van der Waals surface area contributed by atoms with E-state index in [9.17, 15) is 9.90 Å². The molecule has 0 aromatic carbocycles. The number of nitrogens with one attached hydrogen (secondary N) is 1. The minimum Gasteiger partial charge on any atom is -0.391 e. The van der Waals surface area contributed by atoms with Crippen LogP contribution in [0.5, 0.6) is 0 Å². The molecule has 2 rings (SSSR count). The molecule has 2 aliphatic heterocycles. The highest BCUT2D eigenvalue weighted by molar-refractivity contribution is 5.82. The summed E-state index contributed by atoms with van der Waals surface area (Å²) in [5.74, 6) is 0.504. The predicted octanol–water partition coefficient (Wildman–Crippen LogP) is -0.0323. The van der Waals surface area contributed by atoms with Crippen molar-refractivity contribution in [1.29, 1.82) is 0 Å². The first-order chi connectivity index (χ1) is 7.18. The molecule has 0 radical (unpaired) electrons. The van der Waals surface area contributed by atoms with Gasteiger partial charge in [0.15, 0.2) is 0 Å². The second-order valence-corrected chi connectivity index (χ2v) is 4.77. The van der Waals surface area contributed by atoms with Gasteiger partial charge in [-0.2, -0.15) is 0 Å². The van der Waals surface area contributed by atoms with E-state index in [0.717, 1.165) is 32.4 Å². The zero-order valence-electron chi connectivity index (χ0n) is 9.28. The fourth-order valence-electron chi connectivity index (χ4n) is 2.36. The molecular weight excluding hydrogens is 192 g/mol. The summed E-state index contributed by atoms with van der Waals surface area (Å²) in [6.45, 7) is 4.30. The highest BCUT2D eigenvalue weighted by Gasteiger charge is 2.32. The van der Waals surface area contributed by atoms with Gasteiger partial charge < -0.3 is 15.3 Å². The summed E-state index contributed by atoms with van der Waals surface area (Å²) in [7, 11) is 0. The molecule has 0 spiro atoms. The van der Waals surface area contributed by atoms with E-state index in [4.69, 9.17) is 0 Å². The molecule has 0 bridgehead atoms. The summed E-state index contributed by atoms with van der Waals surface area (Å²) in [4.78, 5) is 13.8. The van der Waals surface area contributed by atoms with Crippen LogP contribution in [-0.4, -0.2) is 47.7 Å². The molecule has 2 heterocycles. The van der Waals surface area contributed by atoms with Gasteiger partial charge in [0.1, 0.15) is 0 Å². The lowest BCUT2D eigenvalue weighted by Gasteiger charge is -2.35. The Bertz CT molecular complexity index is 239. The molecular formula is C11H20N2O2. The summed E-state index contributed by atoms with van der Waals surface area (Å²) in [6.07, 6.45) is 2.60. The van der Waals surface area contributed by atoms with Crippen molar-refractivity contribution in [3.8, 4) is 0 Å². The normalized spacial score (nSPS) is 36.9. The van der Waals surface area contributed by atoms with Crippen molar-refractivity contribution in [2.24, 2.45) is 5.92 Å². The topological polar surface area (TPSA) is 52.6 Å². The maximum Gasteiger partial charge on any atom is 0.239 e. The van der Waals surface area contributed by atoms with Crippen molar-refractivity contribution in [3.63, 3.8) is 0 Å². The average Bonchev–Trinajstić information content (AvgIpc) is 2.74. The molecule has 0 aromatic rings. The van der Waals surface area contributed by atoms with Gasteiger partial charge in [-0.05, 0) is 31.7 Å². The van der Waals surface area contributed by atoms with Gasteiger partial charge in [0, 0.05) is 13.1 Å². The molecule has 2 N–H and O–H groups in total. The van der Waals surface area contributed by atoms with Gasteiger partial charge in [-0.1, -0.05) is 6.92 Å². The summed E-state index contributed by atoms with van der Waals surface area (Å²) >= 11 is 0. The smallest absolute Gasteiger partial charge is 0.239 e. The van der Waals surface area contributed by atoms with Crippen molar-refractivity contribution in [1.82, 2.24) is 10.2 Å². The third-order valence-corrected chi connectivity index (χ3v) is 3.59. The lowest BCUT2D eigenvalue weighted by atomic mass is 9.95. The van der Waals surface area contributed by atoms with Gasteiger partial charge in [-0.3, -0.25) is 4.79 Å². The number of carbonyl (C=O) groups excluding carboxylic acids is 1. The number of piperidine rings is 1. The summed E-state index contributed by atoms with van der Waals surface area (Å²) in [5, 5.41) is 12.9. The Morgan fingerprint density at radius 1 is 1.47 bits per heavy atom. The van der Waals surface area contributed by atoms with Gasteiger partial charge in [0.25, 0.3) is 0 Å². The number of nitrogens with zero attached hydrogens (tertiary/aromatic N) is 1. The Balaban J connectivity index is 1.90. The largest absolute Gasteiger partial charge is 0.391 e. The summed E-state index contributed by atoms with van der Waals surface area (Å²) < 4.78 is 0. The first-order valence-corrected chi connectivity index (χ1v) is 5.88. The van der Waals surface area contributed by atoms with E-state index in [1.54, 1.807) is 0 Å². The van der Waals surface area contributed by atoms with Gasteiger partial charge >= 0.3 is 0 Å². The lowest BCUT2D eigenvalue weighted by Crippen LogP contribution is -2.51. The zero-order chi connectivity index (χ0) is 10.8. The minimum absolute atomic E-state index is 0.00519. The van der Waals surface area contributed by atoms with Crippen LogP contribution in [0.2, 0.25) is 0 Å². The third kappa shape index (κ3) is 2.32. The van der Waals surface area contributed by atoms with Crippen molar-refractivity contribution in [2.75, 3.05) is 19.6 Å². The van der Waals surface area contributed by atoms with E-state index in [0.29, 0.717) is 12.5 Å². The van der Waals surface area contributed by atoms with Gasteiger partial charge in [-0.15, -0.1) is 0 Å². The van der Waals surface area contributed by atoms with Crippen LogP contribution in [0.4, 0.5) is 0 Å². The van der Waals surface area contributed by atoms with E-state index in [1.165, 1.54) is 0 Å². The molecule has 0 saturated carbocycles. The number of aliphatic hydroxyl groups excluding tert-OH is 1. The highest BCUT2D eigenvalue weighted by Crippen LogP contribution is 2.19. The Hall–Kier alpha value is -0.610. The number of carbonyl (C=O) groups is 1. The standard InChI is InChI=1S/C11H20N2O2/c1-8-4-6-13(7-10(8)14)11(15)9-3-2-5-12-9/h8-10,12,14H,2-7H2,1H3. The summed E-state index contributed by atoms with van der Waals surface area (Å²) in [6, 6.07) is 0.00519. The quantitative estimate of drug-likeness (QED) is 0.641. The molecule has 86 valence electrons. The monoisotopic (exact) mass is 212 g/mol. The maximum atomic E-state index is 12.0. The van der Waals surface area contributed by atoms with Crippen LogP contribution in [0.1, 0.15) is 26.2 Å². The number of hydrogen-bond acceptors (Lipinski definition) is 3. The molecule has 2 fully saturated rings. The Morgan fingerprint density at radius 3 is 2.87 bits per heavy atom. The Kier molecular flexibility index (Phi) is 3.26. The van der Waals surface area contributed by atoms with Crippen molar-refractivity contribution < 1.29 is 9.90 Å². The first kappa shape index (κ1) is 10.9. The second kappa shape index (κ2) is 4.49. The van der Waals surface area contributed by atoms with Gasteiger partial charge in [0.05, 0.1) is 12.1 Å². The van der Waals surface area contributed by atoms with Gasteiger partial charge in [-0.25, -0.2) is 0 Å². The van der Waals surface area contributed by atoms with E-state index in [1.807, 2.05) is 11.8 Å².